The molecule has 3 heterocycles. The lowest BCUT2D eigenvalue weighted by molar-refractivity contribution is 0.198. The van der Waals surface area contributed by atoms with Crippen molar-refractivity contribution in [1.29, 1.82) is 0 Å². The number of para-hydroxylation sites is 1. The minimum absolute atomic E-state index is 0.591. The van der Waals surface area contributed by atoms with Crippen LogP contribution in [0.25, 0.3) is 10.2 Å². The van der Waals surface area contributed by atoms with Crippen LogP contribution >= 0.6 is 22.9 Å². The van der Waals surface area contributed by atoms with Gasteiger partial charge in [-0.1, -0.05) is 23.7 Å². The van der Waals surface area contributed by atoms with Crippen LogP contribution < -0.4 is 0 Å². The largest absolute Gasteiger partial charge is 0.321 e. The number of benzene rings is 1. The van der Waals surface area contributed by atoms with Crippen LogP contribution in [0, 0.1) is 0 Å². The lowest BCUT2D eigenvalue weighted by Crippen LogP contribution is -2.33. The van der Waals surface area contributed by atoms with Gasteiger partial charge in [-0.25, -0.2) is 9.97 Å². The molecular formula is C17H19ClN4S. The summed E-state index contributed by atoms with van der Waals surface area (Å²) < 4.78 is 3.26. The number of likely N-dealkylation sites (tertiary alicyclic amines) is 1. The number of fused-ring (bicyclic) bond motifs is 1. The molecule has 0 radical (unpaired) electrons. The number of halogens is 1. The summed E-state index contributed by atoms with van der Waals surface area (Å²) in [7, 11) is 1.97. The fourth-order valence-electron chi connectivity index (χ4n) is 3.17. The Morgan fingerprint density at radius 2 is 2.04 bits per heavy atom. The summed E-state index contributed by atoms with van der Waals surface area (Å²) in [6.45, 7) is 3.05. The molecule has 1 saturated heterocycles. The van der Waals surface area contributed by atoms with Crippen molar-refractivity contribution in [3.63, 3.8) is 0 Å². The molecule has 23 heavy (non-hydrogen) atoms. The Kier molecular flexibility index (Phi) is 4.09. The van der Waals surface area contributed by atoms with Crippen molar-refractivity contribution in [2.45, 2.75) is 25.3 Å². The van der Waals surface area contributed by atoms with Crippen LogP contribution in [0.2, 0.25) is 5.15 Å². The van der Waals surface area contributed by atoms with Crippen molar-refractivity contribution in [2.75, 3.05) is 13.1 Å². The molecule has 0 atom stereocenters. The summed E-state index contributed by atoms with van der Waals surface area (Å²) in [6, 6.07) is 8.42. The van der Waals surface area contributed by atoms with E-state index in [4.69, 9.17) is 16.6 Å². The van der Waals surface area contributed by atoms with Crippen molar-refractivity contribution >= 4 is 33.2 Å². The molecule has 0 aliphatic carbocycles. The van der Waals surface area contributed by atoms with E-state index in [1.165, 1.54) is 9.71 Å². The summed E-state index contributed by atoms with van der Waals surface area (Å²) in [6.07, 6.45) is 4.06. The molecular weight excluding hydrogens is 328 g/mol. The van der Waals surface area contributed by atoms with E-state index < -0.39 is 0 Å². The lowest BCUT2D eigenvalue weighted by atomic mass is 9.97. The Bertz CT molecular complexity index is 784. The van der Waals surface area contributed by atoms with Crippen LogP contribution in [-0.2, 0) is 13.6 Å². The van der Waals surface area contributed by atoms with Crippen LogP contribution in [0.1, 0.15) is 29.6 Å². The molecule has 0 N–H and O–H groups in total. The van der Waals surface area contributed by atoms with Crippen LogP contribution in [-0.4, -0.2) is 32.5 Å². The molecule has 0 amide bonds. The van der Waals surface area contributed by atoms with Gasteiger partial charge in [-0.3, -0.25) is 4.90 Å². The van der Waals surface area contributed by atoms with Gasteiger partial charge in [0.05, 0.1) is 28.0 Å². The fourth-order valence-corrected chi connectivity index (χ4v) is 4.46. The van der Waals surface area contributed by atoms with Crippen molar-refractivity contribution in [1.82, 2.24) is 19.4 Å². The van der Waals surface area contributed by atoms with E-state index in [1.807, 2.05) is 23.0 Å². The van der Waals surface area contributed by atoms with E-state index in [-0.39, 0.29) is 0 Å². The Balaban J connectivity index is 1.41. The number of nitrogens with zero attached hydrogens (tertiary/aromatic N) is 4. The molecule has 4 rings (SSSR count). The number of thiazole rings is 1. The SMILES string of the molecule is Cn1c(Cl)cnc1CN1CCC(c2nc3ccccc3s2)CC1. The van der Waals surface area contributed by atoms with Gasteiger partial charge < -0.3 is 4.57 Å². The summed E-state index contributed by atoms with van der Waals surface area (Å²) in [5.41, 5.74) is 1.14. The Morgan fingerprint density at radius 3 is 2.74 bits per heavy atom. The van der Waals surface area contributed by atoms with E-state index in [0.29, 0.717) is 11.1 Å². The average Bonchev–Trinajstić information content (AvgIpc) is 3.14. The van der Waals surface area contributed by atoms with Crippen LogP contribution in [0.4, 0.5) is 0 Å². The summed E-state index contributed by atoms with van der Waals surface area (Å²) in [4.78, 5) is 11.7. The summed E-state index contributed by atoms with van der Waals surface area (Å²) in [5, 5.41) is 2.00. The fraction of sp³-hybridized carbons (Fsp3) is 0.412. The predicted molar refractivity (Wildman–Crippen MR) is 95.1 cm³/mol. The molecule has 1 aliphatic heterocycles. The number of rotatable bonds is 3. The standard InChI is InChI=1S/C17H19ClN4S/c1-21-15(18)10-19-16(21)11-22-8-6-12(7-9-22)17-20-13-4-2-3-5-14(13)23-17/h2-5,10,12H,6-9,11H2,1H3. The molecule has 120 valence electrons. The highest BCUT2D eigenvalue weighted by molar-refractivity contribution is 7.18. The van der Waals surface area contributed by atoms with E-state index in [9.17, 15) is 0 Å². The topological polar surface area (TPSA) is 34.0 Å². The maximum absolute atomic E-state index is 6.06. The van der Waals surface area contributed by atoms with Gasteiger partial charge in [0, 0.05) is 13.0 Å². The van der Waals surface area contributed by atoms with Gasteiger partial charge in [0.25, 0.3) is 0 Å². The molecule has 2 aromatic heterocycles. The third kappa shape index (κ3) is 3.01. The van der Waals surface area contributed by atoms with Gasteiger partial charge in [-0.15, -0.1) is 11.3 Å². The zero-order valence-electron chi connectivity index (χ0n) is 13.1. The molecule has 0 spiro atoms. The summed E-state index contributed by atoms with van der Waals surface area (Å²) >= 11 is 7.92. The van der Waals surface area contributed by atoms with Gasteiger partial charge in [0.15, 0.2) is 0 Å². The maximum atomic E-state index is 6.06. The Labute approximate surface area is 144 Å². The number of hydrogen-bond acceptors (Lipinski definition) is 4. The first-order valence-electron chi connectivity index (χ1n) is 7.94. The Hall–Kier alpha value is -1.43. The minimum Gasteiger partial charge on any atom is -0.321 e. The van der Waals surface area contributed by atoms with E-state index in [2.05, 4.69) is 34.1 Å². The van der Waals surface area contributed by atoms with Gasteiger partial charge in [0.1, 0.15) is 11.0 Å². The first kappa shape index (κ1) is 15.1. The van der Waals surface area contributed by atoms with E-state index >= 15 is 0 Å². The highest BCUT2D eigenvalue weighted by atomic mass is 35.5. The molecule has 3 aromatic rings. The maximum Gasteiger partial charge on any atom is 0.128 e. The van der Waals surface area contributed by atoms with Gasteiger partial charge >= 0.3 is 0 Å². The highest BCUT2D eigenvalue weighted by Crippen LogP contribution is 2.34. The molecule has 4 nitrogen and oxygen atoms in total. The highest BCUT2D eigenvalue weighted by Gasteiger charge is 2.24. The lowest BCUT2D eigenvalue weighted by Gasteiger charge is -2.30. The van der Waals surface area contributed by atoms with E-state index in [1.54, 1.807) is 6.20 Å². The second-order valence-electron chi connectivity index (χ2n) is 6.13. The molecule has 1 fully saturated rings. The van der Waals surface area contributed by atoms with Crippen LogP contribution in [0.3, 0.4) is 0 Å². The van der Waals surface area contributed by atoms with Crippen LogP contribution in [0.5, 0.6) is 0 Å². The zero-order chi connectivity index (χ0) is 15.8. The number of imidazole rings is 1. The number of hydrogen-bond donors (Lipinski definition) is 0. The molecule has 1 aromatic carbocycles. The van der Waals surface area contributed by atoms with Crippen molar-refractivity contribution in [2.24, 2.45) is 7.05 Å². The molecule has 0 saturated carbocycles. The van der Waals surface area contributed by atoms with Crippen molar-refractivity contribution in [3.8, 4) is 0 Å². The van der Waals surface area contributed by atoms with Gasteiger partial charge in [-0.2, -0.15) is 0 Å². The Morgan fingerprint density at radius 1 is 1.26 bits per heavy atom. The molecule has 0 unspecified atom stereocenters. The molecule has 6 heteroatoms. The first-order chi connectivity index (χ1) is 11.2. The van der Waals surface area contributed by atoms with Gasteiger partial charge in [-0.05, 0) is 38.1 Å². The van der Waals surface area contributed by atoms with Crippen molar-refractivity contribution in [3.05, 3.63) is 46.4 Å². The number of aromatic nitrogens is 3. The molecule has 1 aliphatic rings. The van der Waals surface area contributed by atoms with Crippen LogP contribution in [0.15, 0.2) is 30.5 Å². The zero-order valence-corrected chi connectivity index (χ0v) is 14.6. The number of piperidine rings is 1. The molecule has 0 bridgehead atoms. The predicted octanol–water partition coefficient (Wildman–Crippen LogP) is 4.06. The van der Waals surface area contributed by atoms with E-state index in [0.717, 1.165) is 43.8 Å². The quantitative estimate of drug-likeness (QED) is 0.717. The minimum atomic E-state index is 0.591. The normalized spacial score (nSPS) is 17.1. The monoisotopic (exact) mass is 346 g/mol. The third-order valence-electron chi connectivity index (χ3n) is 4.64. The smallest absolute Gasteiger partial charge is 0.128 e. The average molecular weight is 347 g/mol. The first-order valence-corrected chi connectivity index (χ1v) is 9.14. The summed E-state index contributed by atoms with van der Waals surface area (Å²) in [5.74, 6) is 1.63. The second kappa shape index (κ2) is 6.23. The second-order valence-corrected chi connectivity index (χ2v) is 7.58. The van der Waals surface area contributed by atoms with Gasteiger partial charge in [0.2, 0.25) is 0 Å². The third-order valence-corrected chi connectivity index (χ3v) is 6.19. The van der Waals surface area contributed by atoms with Crippen molar-refractivity contribution < 1.29 is 0 Å².